The number of methoxy groups -OCH3 is 1. The lowest BCUT2D eigenvalue weighted by molar-refractivity contribution is -0.137. The van der Waals surface area contributed by atoms with Crippen molar-refractivity contribution in [2.45, 2.75) is 20.0 Å². The summed E-state index contributed by atoms with van der Waals surface area (Å²) in [5.74, 6) is -0.951. The summed E-state index contributed by atoms with van der Waals surface area (Å²) in [6, 6.07) is 2.46. The van der Waals surface area contributed by atoms with Gasteiger partial charge in [0.2, 0.25) is 5.05 Å². The van der Waals surface area contributed by atoms with E-state index in [0.29, 0.717) is 26.7 Å². The van der Waals surface area contributed by atoms with Gasteiger partial charge < -0.3 is 4.74 Å². The number of hydrogen-bond acceptors (Lipinski definition) is 5. The van der Waals surface area contributed by atoms with Gasteiger partial charge in [-0.1, -0.05) is 0 Å². The molecular weight excluding hydrogens is 418 g/mol. The van der Waals surface area contributed by atoms with Gasteiger partial charge in [0.1, 0.15) is 10.8 Å². The van der Waals surface area contributed by atoms with E-state index in [0.717, 1.165) is 28.1 Å². The summed E-state index contributed by atoms with van der Waals surface area (Å²) < 4.78 is 57.8. The van der Waals surface area contributed by atoms with Crippen molar-refractivity contribution in [3.63, 3.8) is 0 Å². The lowest BCUT2D eigenvalue weighted by atomic mass is 10.1. The lowest BCUT2D eigenvalue weighted by Gasteiger charge is -2.08. The van der Waals surface area contributed by atoms with Crippen LogP contribution in [-0.4, -0.2) is 17.1 Å². The molecule has 0 fully saturated rings. The Balaban J connectivity index is 2.08. The van der Waals surface area contributed by atoms with E-state index in [1.807, 2.05) is 12.3 Å². The van der Waals surface area contributed by atoms with Gasteiger partial charge >= 0.3 is 6.18 Å². The molecule has 0 saturated carbocycles. The average Bonchev–Trinajstić information content (AvgIpc) is 3.15. The zero-order valence-electron chi connectivity index (χ0n) is 14.4. The maximum absolute atomic E-state index is 13.7. The number of alkyl halides is 3. The highest BCUT2D eigenvalue weighted by atomic mass is 32.1. The molecule has 2 nitrogen and oxygen atoms in total. The molecule has 0 spiro atoms. The van der Waals surface area contributed by atoms with Crippen molar-refractivity contribution in [3.8, 4) is 21.8 Å². The molecule has 0 bridgehead atoms. The number of thiazole rings is 1. The third-order valence-electron chi connectivity index (χ3n) is 3.94. The third-order valence-corrected chi connectivity index (χ3v) is 6.52. The molecule has 0 aliphatic rings. The van der Waals surface area contributed by atoms with E-state index in [4.69, 9.17) is 17.0 Å². The van der Waals surface area contributed by atoms with Gasteiger partial charge in [-0.25, -0.2) is 9.37 Å². The summed E-state index contributed by atoms with van der Waals surface area (Å²) >= 11 is 7.92. The molecule has 142 valence electrons. The largest absolute Gasteiger partial charge is 0.486 e. The molecule has 2 heterocycles. The number of nitrogens with zero attached hydrogens (tertiary/aromatic N) is 1. The molecule has 9 heteroatoms. The molecule has 0 saturated heterocycles. The van der Waals surface area contributed by atoms with E-state index in [-0.39, 0.29) is 5.56 Å². The number of aryl methyl sites for hydroxylation is 1. The summed E-state index contributed by atoms with van der Waals surface area (Å²) in [4.78, 5) is 5.99. The van der Waals surface area contributed by atoms with Crippen LogP contribution in [0.15, 0.2) is 23.6 Å². The summed E-state index contributed by atoms with van der Waals surface area (Å²) in [5.41, 5.74) is 1.12. The van der Waals surface area contributed by atoms with Crippen molar-refractivity contribution < 1.29 is 22.3 Å². The van der Waals surface area contributed by atoms with Crippen molar-refractivity contribution in [2.75, 3.05) is 7.11 Å². The Bertz CT molecular complexity index is 1020. The highest BCUT2D eigenvalue weighted by Gasteiger charge is 2.32. The van der Waals surface area contributed by atoms with E-state index in [1.165, 1.54) is 29.8 Å². The van der Waals surface area contributed by atoms with E-state index in [1.54, 1.807) is 6.92 Å². The normalized spacial score (nSPS) is 11.7. The molecule has 3 aromatic rings. The van der Waals surface area contributed by atoms with Crippen LogP contribution in [-0.2, 0) is 10.9 Å². The first-order valence-corrected chi connectivity index (χ1v) is 9.74. The van der Waals surface area contributed by atoms with E-state index >= 15 is 0 Å². The Morgan fingerprint density at radius 3 is 2.52 bits per heavy atom. The molecule has 0 aliphatic carbocycles. The predicted octanol–water partition coefficient (Wildman–Crippen LogP) is 6.64. The fourth-order valence-corrected chi connectivity index (χ4v) is 4.96. The van der Waals surface area contributed by atoms with Gasteiger partial charge in [0.15, 0.2) is 0 Å². The van der Waals surface area contributed by atoms with Gasteiger partial charge in [-0.15, -0.1) is 22.7 Å². The van der Waals surface area contributed by atoms with Crippen LogP contribution in [0.3, 0.4) is 0 Å². The average molecular weight is 432 g/mol. The molecule has 0 amide bonds. The van der Waals surface area contributed by atoms with Crippen LogP contribution in [0.1, 0.15) is 20.9 Å². The minimum atomic E-state index is -4.63. The zero-order chi connectivity index (χ0) is 19.9. The smallest absolute Gasteiger partial charge is 0.416 e. The van der Waals surface area contributed by atoms with Crippen molar-refractivity contribution in [1.82, 2.24) is 4.98 Å². The quantitative estimate of drug-likeness (QED) is 0.343. The Kier molecular flexibility index (Phi) is 5.38. The second-order valence-electron chi connectivity index (χ2n) is 5.75. The maximum Gasteiger partial charge on any atom is 0.416 e. The van der Waals surface area contributed by atoms with Crippen LogP contribution >= 0.6 is 34.9 Å². The number of hydrogen-bond donors (Lipinski definition) is 0. The van der Waals surface area contributed by atoms with E-state index in [9.17, 15) is 17.6 Å². The van der Waals surface area contributed by atoms with Crippen LogP contribution in [0.25, 0.3) is 21.8 Å². The van der Waals surface area contributed by atoms with Crippen LogP contribution in [0.5, 0.6) is 0 Å². The molecule has 0 unspecified atom stereocenters. The first-order chi connectivity index (χ1) is 12.6. The SMILES string of the molecule is COC(=S)c1scc(-c2nc(-c3cc(F)cc(C(F)(F)F)c3)c(C)s2)c1C. The van der Waals surface area contributed by atoms with Crippen molar-refractivity contribution in [2.24, 2.45) is 0 Å². The number of benzene rings is 1. The van der Waals surface area contributed by atoms with Crippen LogP contribution in [0.2, 0.25) is 0 Å². The van der Waals surface area contributed by atoms with Crippen LogP contribution < -0.4 is 0 Å². The molecule has 3 rings (SSSR count). The fraction of sp³-hybridized carbons (Fsp3) is 0.222. The third kappa shape index (κ3) is 3.90. The number of thiophene rings is 1. The Labute approximate surface area is 166 Å². The number of aromatic nitrogens is 1. The summed E-state index contributed by atoms with van der Waals surface area (Å²) in [6.45, 7) is 3.63. The highest BCUT2D eigenvalue weighted by Crippen LogP contribution is 2.39. The second-order valence-corrected chi connectivity index (χ2v) is 8.20. The molecule has 0 aliphatic heterocycles. The standard InChI is InChI=1S/C18H13F4NOS3/c1-8-13(7-26-15(8)17(25)24-3)16-23-14(9(2)27-16)10-4-11(18(20,21)22)6-12(19)5-10/h4-7H,1-3H3. The van der Waals surface area contributed by atoms with Gasteiger partial charge in [0, 0.05) is 21.4 Å². The van der Waals surface area contributed by atoms with Crippen LogP contribution in [0, 0.1) is 19.7 Å². The summed E-state index contributed by atoms with van der Waals surface area (Å²) in [5, 5.41) is 2.89. The Hall–Kier alpha value is -1.84. The van der Waals surface area contributed by atoms with Crippen molar-refractivity contribution in [3.05, 3.63) is 50.3 Å². The molecular formula is C18H13F4NOS3. The molecule has 0 atom stereocenters. The minimum absolute atomic E-state index is 0.0999. The fourth-order valence-electron chi connectivity index (χ4n) is 2.59. The lowest BCUT2D eigenvalue weighted by Crippen LogP contribution is -2.05. The molecule has 0 N–H and O–H groups in total. The summed E-state index contributed by atoms with van der Waals surface area (Å²) in [6.07, 6.45) is -4.63. The second kappa shape index (κ2) is 7.29. The molecule has 2 aromatic heterocycles. The zero-order valence-corrected chi connectivity index (χ0v) is 16.9. The first kappa shape index (κ1) is 19.9. The number of thiocarbonyl (C=S) groups is 1. The topological polar surface area (TPSA) is 22.1 Å². The van der Waals surface area contributed by atoms with Crippen molar-refractivity contribution >= 4 is 39.9 Å². The summed E-state index contributed by atoms with van der Waals surface area (Å²) in [7, 11) is 1.50. The van der Waals surface area contributed by atoms with Gasteiger partial charge in [-0.2, -0.15) is 13.2 Å². The number of ether oxygens (including phenoxy) is 1. The van der Waals surface area contributed by atoms with Crippen molar-refractivity contribution in [1.29, 1.82) is 0 Å². The maximum atomic E-state index is 13.7. The number of rotatable bonds is 3. The highest BCUT2D eigenvalue weighted by molar-refractivity contribution is 7.80. The molecule has 1 aromatic carbocycles. The monoisotopic (exact) mass is 431 g/mol. The minimum Gasteiger partial charge on any atom is -0.486 e. The van der Waals surface area contributed by atoms with Gasteiger partial charge in [-0.05, 0) is 49.8 Å². The van der Waals surface area contributed by atoms with Gasteiger partial charge in [0.05, 0.1) is 23.2 Å². The van der Waals surface area contributed by atoms with Gasteiger partial charge in [-0.3, -0.25) is 0 Å². The predicted molar refractivity (Wildman–Crippen MR) is 104 cm³/mol. The van der Waals surface area contributed by atoms with E-state index < -0.39 is 17.6 Å². The Morgan fingerprint density at radius 2 is 1.89 bits per heavy atom. The first-order valence-electron chi connectivity index (χ1n) is 7.64. The Morgan fingerprint density at radius 1 is 1.19 bits per heavy atom. The number of halogens is 4. The van der Waals surface area contributed by atoms with E-state index in [2.05, 4.69) is 4.98 Å². The van der Waals surface area contributed by atoms with Gasteiger partial charge in [0.25, 0.3) is 0 Å². The molecule has 27 heavy (non-hydrogen) atoms. The molecule has 0 radical (unpaired) electrons. The van der Waals surface area contributed by atoms with Crippen LogP contribution in [0.4, 0.5) is 17.6 Å².